The van der Waals surface area contributed by atoms with Crippen LogP contribution < -0.4 is 10.6 Å². The third-order valence-electron chi connectivity index (χ3n) is 3.70. The lowest BCUT2D eigenvalue weighted by atomic mass is 10.1. The Balaban J connectivity index is 2.10. The third-order valence-corrected chi connectivity index (χ3v) is 3.96. The number of hydrogen-bond donors (Lipinski definition) is 2. The van der Waals surface area contributed by atoms with Gasteiger partial charge in [0.05, 0.1) is 11.3 Å². The Hall–Kier alpha value is -2.86. The summed E-state index contributed by atoms with van der Waals surface area (Å²) >= 11 is 5.82. The molecule has 0 saturated heterocycles. The van der Waals surface area contributed by atoms with E-state index in [1.807, 2.05) is 6.92 Å². The van der Waals surface area contributed by atoms with Crippen molar-refractivity contribution >= 4 is 35.1 Å². The van der Waals surface area contributed by atoms with Crippen LogP contribution in [-0.2, 0) is 9.53 Å². The molecule has 0 spiro atoms. The standard InChI is InChI=1S/C20H21ClN2O4/c1-3-12-22-18(24)13(2)27-20(26)16-6-4-5-7-17(16)23-19(25)14-8-10-15(21)11-9-14/h4-11,13H,3,12H2,1-2H3,(H,22,24)(H,23,25)/t13-/m0/s1. The molecule has 6 nitrogen and oxygen atoms in total. The summed E-state index contributed by atoms with van der Waals surface area (Å²) in [6, 6.07) is 12.8. The molecule has 27 heavy (non-hydrogen) atoms. The Bertz CT molecular complexity index is 821. The molecule has 0 aliphatic carbocycles. The number of esters is 1. The molecule has 0 bridgehead atoms. The van der Waals surface area contributed by atoms with Crippen LogP contribution in [0.15, 0.2) is 48.5 Å². The van der Waals surface area contributed by atoms with Gasteiger partial charge in [-0.05, 0) is 49.7 Å². The van der Waals surface area contributed by atoms with Gasteiger partial charge in [-0.2, -0.15) is 0 Å². The fourth-order valence-corrected chi connectivity index (χ4v) is 2.36. The molecule has 2 N–H and O–H groups in total. The first kappa shape index (κ1) is 20.5. The lowest BCUT2D eigenvalue weighted by molar-refractivity contribution is -0.129. The second-order valence-electron chi connectivity index (χ2n) is 5.85. The Morgan fingerprint density at radius 2 is 1.74 bits per heavy atom. The zero-order valence-electron chi connectivity index (χ0n) is 15.1. The number of hydrogen-bond acceptors (Lipinski definition) is 4. The van der Waals surface area contributed by atoms with E-state index in [2.05, 4.69) is 10.6 Å². The largest absolute Gasteiger partial charge is 0.449 e. The molecule has 142 valence electrons. The SMILES string of the molecule is CCCNC(=O)[C@H](C)OC(=O)c1ccccc1NC(=O)c1ccc(Cl)cc1. The van der Waals surface area contributed by atoms with E-state index in [1.165, 1.54) is 13.0 Å². The van der Waals surface area contributed by atoms with Crippen LogP contribution in [0.2, 0.25) is 5.02 Å². The minimum Gasteiger partial charge on any atom is -0.449 e. The van der Waals surface area contributed by atoms with E-state index in [0.717, 1.165) is 6.42 Å². The van der Waals surface area contributed by atoms with Crippen LogP contribution in [0.4, 0.5) is 5.69 Å². The molecular formula is C20H21ClN2O4. The van der Waals surface area contributed by atoms with Gasteiger partial charge in [0.2, 0.25) is 0 Å². The van der Waals surface area contributed by atoms with Gasteiger partial charge >= 0.3 is 5.97 Å². The smallest absolute Gasteiger partial charge is 0.341 e. The predicted octanol–water partition coefficient (Wildman–Crippen LogP) is 3.66. The first-order valence-electron chi connectivity index (χ1n) is 8.57. The highest BCUT2D eigenvalue weighted by Gasteiger charge is 2.21. The Labute approximate surface area is 162 Å². The van der Waals surface area contributed by atoms with Crippen molar-refractivity contribution in [3.8, 4) is 0 Å². The first-order chi connectivity index (χ1) is 12.9. The second kappa shape index (κ2) is 9.73. The molecule has 0 aliphatic heterocycles. The van der Waals surface area contributed by atoms with Crippen molar-refractivity contribution in [1.29, 1.82) is 0 Å². The van der Waals surface area contributed by atoms with Gasteiger partial charge in [-0.3, -0.25) is 9.59 Å². The van der Waals surface area contributed by atoms with Crippen LogP contribution >= 0.6 is 11.6 Å². The van der Waals surface area contributed by atoms with E-state index in [0.29, 0.717) is 22.8 Å². The summed E-state index contributed by atoms with van der Waals surface area (Å²) in [5.74, 6) is -1.45. The van der Waals surface area contributed by atoms with Gasteiger partial charge in [0.25, 0.3) is 11.8 Å². The number of para-hydroxylation sites is 1. The third kappa shape index (κ3) is 5.82. The molecule has 1 atom stereocenters. The zero-order valence-corrected chi connectivity index (χ0v) is 15.9. The number of halogens is 1. The number of carbonyl (C=O) groups excluding carboxylic acids is 3. The van der Waals surface area contributed by atoms with Crippen LogP contribution in [0, 0.1) is 0 Å². The average molecular weight is 389 g/mol. The Morgan fingerprint density at radius 3 is 2.41 bits per heavy atom. The predicted molar refractivity (Wildman–Crippen MR) is 104 cm³/mol. The van der Waals surface area contributed by atoms with E-state index in [-0.39, 0.29) is 17.4 Å². The van der Waals surface area contributed by atoms with E-state index < -0.39 is 12.1 Å². The van der Waals surface area contributed by atoms with Crippen LogP contribution in [0.5, 0.6) is 0 Å². The van der Waals surface area contributed by atoms with Crippen LogP contribution in [0.3, 0.4) is 0 Å². The number of anilines is 1. The highest BCUT2D eigenvalue weighted by atomic mass is 35.5. The molecule has 0 unspecified atom stereocenters. The van der Waals surface area contributed by atoms with Crippen molar-refractivity contribution in [3.05, 3.63) is 64.7 Å². The van der Waals surface area contributed by atoms with Crippen molar-refractivity contribution < 1.29 is 19.1 Å². The maximum atomic E-state index is 12.4. The van der Waals surface area contributed by atoms with Crippen molar-refractivity contribution in [3.63, 3.8) is 0 Å². The number of benzene rings is 2. The maximum Gasteiger partial charge on any atom is 0.341 e. The highest BCUT2D eigenvalue weighted by molar-refractivity contribution is 6.30. The molecule has 0 aromatic heterocycles. The second-order valence-corrected chi connectivity index (χ2v) is 6.28. The van der Waals surface area contributed by atoms with Gasteiger partial charge in [0.1, 0.15) is 0 Å². The van der Waals surface area contributed by atoms with E-state index in [4.69, 9.17) is 16.3 Å². The topological polar surface area (TPSA) is 84.5 Å². The minimum atomic E-state index is -0.941. The molecule has 2 amide bonds. The molecule has 2 aromatic carbocycles. The van der Waals surface area contributed by atoms with Crippen molar-refractivity contribution in [2.24, 2.45) is 0 Å². The van der Waals surface area contributed by atoms with Crippen molar-refractivity contribution in [2.75, 3.05) is 11.9 Å². The highest BCUT2D eigenvalue weighted by Crippen LogP contribution is 2.19. The van der Waals surface area contributed by atoms with E-state index >= 15 is 0 Å². The zero-order chi connectivity index (χ0) is 19.8. The fourth-order valence-electron chi connectivity index (χ4n) is 2.24. The van der Waals surface area contributed by atoms with Gasteiger partial charge in [0.15, 0.2) is 6.10 Å². The fraction of sp³-hybridized carbons (Fsp3) is 0.250. The number of amides is 2. The van der Waals surface area contributed by atoms with Crippen LogP contribution in [-0.4, -0.2) is 30.4 Å². The van der Waals surface area contributed by atoms with Gasteiger partial charge < -0.3 is 15.4 Å². The van der Waals surface area contributed by atoms with Gasteiger partial charge in [-0.1, -0.05) is 30.7 Å². The lowest BCUT2D eigenvalue weighted by Crippen LogP contribution is -2.36. The summed E-state index contributed by atoms with van der Waals surface area (Å²) in [4.78, 5) is 36.7. The molecule has 0 fully saturated rings. The molecule has 0 heterocycles. The first-order valence-corrected chi connectivity index (χ1v) is 8.94. The van der Waals surface area contributed by atoms with E-state index in [9.17, 15) is 14.4 Å². The molecule has 0 aliphatic rings. The average Bonchev–Trinajstić information content (AvgIpc) is 2.66. The molecule has 2 aromatic rings. The van der Waals surface area contributed by atoms with E-state index in [1.54, 1.807) is 42.5 Å². The summed E-state index contributed by atoms with van der Waals surface area (Å²) in [7, 11) is 0. The summed E-state index contributed by atoms with van der Waals surface area (Å²) in [5.41, 5.74) is 0.855. The van der Waals surface area contributed by atoms with Gasteiger partial charge in [-0.15, -0.1) is 0 Å². The molecule has 0 saturated carbocycles. The van der Waals surface area contributed by atoms with Crippen molar-refractivity contribution in [2.45, 2.75) is 26.4 Å². The van der Waals surface area contributed by atoms with Gasteiger partial charge in [0, 0.05) is 17.1 Å². The minimum absolute atomic E-state index is 0.162. The summed E-state index contributed by atoms with van der Waals surface area (Å²) in [6.07, 6.45) is -0.157. The normalized spacial score (nSPS) is 11.4. The number of rotatable bonds is 7. The summed E-state index contributed by atoms with van der Waals surface area (Å²) in [6.45, 7) is 3.93. The Morgan fingerprint density at radius 1 is 1.07 bits per heavy atom. The number of carbonyl (C=O) groups is 3. The van der Waals surface area contributed by atoms with Crippen LogP contribution in [0.25, 0.3) is 0 Å². The summed E-state index contributed by atoms with van der Waals surface area (Å²) < 4.78 is 5.22. The maximum absolute atomic E-state index is 12.4. The molecular weight excluding hydrogens is 368 g/mol. The van der Waals surface area contributed by atoms with Crippen LogP contribution in [0.1, 0.15) is 41.0 Å². The molecule has 0 radical (unpaired) electrons. The molecule has 7 heteroatoms. The summed E-state index contributed by atoms with van der Waals surface area (Å²) in [5, 5.41) is 5.86. The monoisotopic (exact) mass is 388 g/mol. The van der Waals surface area contributed by atoms with Gasteiger partial charge in [-0.25, -0.2) is 4.79 Å². The molecule has 2 rings (SSSR count). The number of nitrogens with one attached hydrogen (secondary N) is 2. The Kier molecular flexibility index (Phi) is 7.37. The number of ether oxygens (including phenoxy) is 1. The quantitative estimate of drug-likeness (QED) is 0.709. The van der Waals surface area contributed by atoms with Crippen molar-refractivity contribution in [1.82, 2.24) is 5.32 Å². The lowest BCUT2D eigenvalue weighted by Gasteiger charge is -2.15.